The highest BCUT2D eigenvalue weighted by molar-refractivity contribution is 5.72. The van der Waals surface area contributed by atoms with E-state index in [2.05, 4.69) is 12.8 Å². The summed E-state index contributed by atoms with van der Waals surface area (Å²) in [6.07, 6.45) is 14.9. The summed E-state index contributed by atoms with van der Waals surface area (Å²) in [5.74, 6) is 1.57. The molecule has 0 saturated heterocycles. The zero-order chi connectivity index (χ0) is 16.2. The Bertz CT molecular complexity index is 503. The molecule has 0 amide bonds. The van der Waals surface area contributed by atoms with Gasteiger partial charge in [0.05, 0.1) is 5.56 Å². The standard InChI is InChI=1S/C19H25FO2/c1-3-5-6-7-8-9-10-11-12-19(21)22-17-14-13-16(4-2)18(20)15-17/h2,13-15H,3,5-12H2,1H3. The van der Waals surface area contributed by atoms with Gasteiger partial charge >= 0.3 is 5.97 Å². The van der Waals surface area contributed by atoms with Crippen LogP contribution in [0.5, 0.6) is 5.75 Å². The molecular formula is C19H25FO2. The lowest BCUT2D eigenvalue weighted by atomic mass is 10.1. The second kappa shape index (κ2) is 10.8. The first kappa shape index (κ1) is 18.2. The quantitative estimate of drug-likeness (QED) is 0.256. The molecule has 1 aromatic rings. The largest absolute Gasteiger partial charge is 0.426 e. The molecule has 0 bridgehead atoms. The fraction of sp³-hybridized carbons (Fsp3) is 0.526. The number of ether oxygens (including phenoxy) is 1. The van der Waals surface area contributed by atoms with E-state index in [-0.39, 0.29) is 17.3 Å². The van der Waals surface area contributed by atoms with E-state index in [1.54, 1.807) is 0 Å². The lowest BCUT2D eigenvalue weighted by Crippen LogP contribution is -2.07. The van der Waals surface area contributed by atoms with Crippen molar-refractivity contribution in [3.63, 3.8) is 0 Å². The molecule has 2 nitrogen and oxygen atoms in total. The molecule has 0 aliphatic heterocycles. The van der Waals surface area contributed by atoms with Crippen LogP contribution in [0.4, 0.5) is 4.39 Å². The second-order valence-corrected chi connectivity index (χ2v) is 5.48. The monoisotopic (exact) mass is 304 g/mol. The van der Waals surface area contributed by atoms with Crippen molar-refractivity contribution in [3.8, 4) is 18.1 Å². The van der Waals surface area contributed by atoms with Crippen molar-refractivity contribution in [2.24, 2.45) is 0 Å². The Hall–Kier alpha value is -1.82. The highest BCUT2D eigenvalue weighted by Gasteiger charge is 2.07. The van der Waals surface area contributed by atoms with Crippen molar-refractivity contribution in [1.82, 2.24) is 0 Å². The molecule has 0 aromatic heterocycles. The Labute approximate surface area is 133 Å². The SMILES string of the molecule is C#Cc1ccc(OC(=O)CCCCCCCCCC)cc1F. The summed E-state index contributed by atoms with van der Waals surface area (Å²) in [5.41, 5.74) is 0.169. The van der Waals surface area contributed by atoms with Crippen molar-refractivity contribution in [2.75, 3.05) is 0 Å². The Morgan fingerprint density at radius 1 is 1.14 bits per heavy atom. The van der Waals surface area contributed by atoms with Gasteiger partial charge in [-0.1, -0.05) is 57.8 Å². The molecule has 0 fully saturated rings. The molecule has 1 aromatic carbocycles. The topological polar surface area (TPSA) is 26.3 Å². The molecule has 0 atom stereocenters. The molecule has 1 rings (SSSR count). The minimum Gasteiger partial charge on any atom is -0.426 e. The maximum absolute atomic E-state index is 13.4. The predicted octanol–water partition coefficient (Wildman–Crippen LogP) is 5.24. The number of hydrogen-bond donors (Lipinski definition) is 0. The van der Waals surface area contributed by atoms with Crippen LogP contribution in [-0.2, 0) is 4.79 Å². The molecule has 22 heavy (non-hydrogen) atoms. The van der Waals surface area contributed by atoms with Crippen molar-refractivity contribution in [1.29, 1.82) is 0 Å². The average molecular weight is 304 g/mol. The molecule has 0 unspecified atom stereocenters. The first-order valence-electron chi connectivity index (χ1n) is 8.14. The van der Waals surface area contributed by atoms with Crippen LogP contribution in [0.3, 0.4) is 0 Å². The van der Waals surface area contributed by atoms with Gasteiger partial charge < -0.3 is 4.74 Å². The number of carbonyl (C=O) groups is 1. The second-order valence-electron chi connectivity index (χ2n) is 5.48. The van der Waals surface area contributed by atoms with Crippen molar-refractivity contribution >= 4 is 5.97 Å². The van der Waals surface area contributed by atoms with Crippen LogP contribution < -0.4 is 4.74 Å². The van der Waals surface area contributed by atoms with E-state index >= 15 is 0 Å². The number of carbonyl (C=O) groups excluding carboxylic acids is 1. The van der Waals surface area contributed by atoms with Crippen LogP contribution in [0.2, 0.25) is 0 Å². The lowest BCUT2D eigenvalue weighted by molar-refractivity contribution is -0.134. The number of rotatable bonds is 10. The first-order chi connectivity index (χ1) is 10.7. The van der Waals surface area contributed by atoms with E-state index in [9.17, 15) is 9.18 Å². The maximum Gasteiger partial charge on any atom is 0.311 e. The Morgan fingerprint density at radius 3 is 2.36 bits per heavy atom. The Kier molecular flexibility index (Phi) is 8.98. The third-order valence-corrected chi connectivity index (χ3v) is 3.56. The molecule has 0 spiro atoms. The normalized spacial score (nSPS) is 10.2. The van der Waals surface area contributed by atoms with Gasteiger partial charge in [0, 0.05) is 12.5 Å². The molecule has 0 heterocycles. The van der Waals surface area contributed by atoms with Gasteiger partial charge in [-0.25, -0.2) is 4.39 Å². The van der Waals surface area contributed by atoms with Crippen LogP contribution in [0.1, 0.15) is 70.3 Å². The number of benzene rings is 1. The Balaban J connectivity index is 2.16. The Morgan fingerprint density at radius 2 is 1.77 bits per heavy atom. The first-order valence-corrected chi connectivity index (χ1v) is 8.14. The summed E-state index contributed by atoms with van der Waals surface area (Å²) < 4.78 is 18.6. The zero-order valence-electron chi connectivity index (χ0n) is 13.4. The summed E-state index contributed by atoms with van der Waals surface area (Å²) in [5, 5.41) is 0. The van der Waals surface area contributed by atoms with Gasteiger partial charge in [0.2, 0.25) is 0 Å². The molecule has 0 radical (unpaired) electrons. The van der Waals surface area contributed by atoms with E-state index in [0.717, 1.165) is 25.3 Å². The van der Waals surface area contributed by atoms with Gasteiger partial charge in [0.15, 0.2) is 0 Å². The fourth-order valence-electron chi connectivity index (χ4n) is 2.26. The lowest BCUT2D eigenvalue weighted by Gasteiger charge is -2.05. The number of terminal acetylenes is 1. The van der Waals surface area contributed by atoms with Gasteiger partial charge in [0.1, 0.15) is 11.6 Å². The zero-order valence-corrected chi connectivity index (χ0v) is 13.4. The number of hydrogen-bond acceptors (Lipinski definition) is 2. The van der Waals surface area contributed by atoms with Gasteiger partial charge in [0.25, 0.3) is 0 Å². The third-order valence-electron chi connectivity index (χ3n) is 3.56. The molecule has 0 saturated carbocycles. The highest BCUT2D eigenvalue weighted by Crippen LogP contribution is 2.17. The average Bonchev–Trinajstić information content (AvgIpc) is 2.50. The van der Waals surface area contributed by atoms with Crippen molar-refractivity contribution < 1.29 is 13.9 Å². The summed E-state index contributed by atoms with van der Waals surface area (Å²) in [7, 11) is 0. The molecule has 0 aliphatic rings. The molecule has 0 N–H and O–H groups in total. The van der Waals surface area contributed by atoms with Crippen LogP contribution >= 0.6 is 0 Å². The van der Waals surface area contributed by atoms with Crippen LogP contribution in [0, 0.1) is 18.2 Å². The minimum absolute atomic E-state index is 0.169. The van der Waals surface area contributed by atoms with Gasteiger partial charge in [-0.3, -0.25) is 4.79 Å². The number of unbranched alkanes of at least 4 members (excludes halogenated alkanes) is 7. The summed E-state index contributed by atoms with van der Waals surface area (Å²) >= 11 is 0. The number of esters is 1. The maximum atomic E-state index is 13.4. The van der Waals surface area contributed by atoms with Crippen molar-refractivity contribution in [2.45, 2.75) is 64.7 Å². The van der Waals surface area contributed by atoms with Crippen LogP contribution in [0.25, 0.3) is 0 Å². The summed E-state index contributed by atoms with van der Waals surface area (Å²) in [6, 6.07) is 4.11. The number of halogens is 1. The van der Waals surface area contributed by atoms with Gasteiger partial charge in [-0.2, -0.15) is 0 Å². The van der Waals surface area contributed by atoms with Crippen molar-refractivity contribution in [3.05, 3.63) is 29.6 Å². The molecule has 0 aliphatic carbocycles. The highest BCUT2D eigenvalue weighted by atomic mass is 19.1. The van der Waals surface area contributed by atoms with Gasteiger partial charge in [-0.05, 0) is 18.6 Å². The smallest absolute Gasteiger partial charge is 0.311 e. The van der Waals surface area contributed by atoms with E-state index in [1.807, 2.05) is 0 Å². The van der Waals surface area contributed by atoms with Crippen LogP contribution in [0.15, 0.2) is 18.2 Å². The fourth-order valence-corrected chi connectivity index (χ4v) is 2.26. The molecule has 3 heteroatoms. The minimum atomic E-state index is -0.542. The summed E-state index contributed by atoms with van der Waals surface area (Å²) in [6.45, 7) is 2.21. The van der Waals surface area contributed by atoms with E-state index in [1.165, 1.54) is 44.2 Å². The van der Waals surface area contributed by atoms with E-state index in [4.69, 9.17) is 11.2 Å². The van der Waals surface area contributed by atoms with E-state index < -0.39 is 5.82 Å². The summed E-state index contributed by atoms with van der Waals surface area (Å²) in [4.78, 5) is 11.7. The van der Waals surface area contributed by atoms with E-state index in [0.29, 0.717) is 6.42 Å². The molecular weight excluding hydrogens is 279 g/mol. The molecule has 120 valence electrons. The predicted molar refractivity (Wildman–Crippen MR) is 87.2 cm³/mol. The van der Waals surface area contributed by atoms with Gasteiger partial charge in [-0.15, -0.1) is 6.42 Å². The third kappa shape index (κ3) is 7.26. The van der Waals surface area contributed by atoms with Crippen LogP contribution in [-0.4, -0.2) is 5.97 Å².